The molecule has 0 N–H and O–H groups in total. The standard InChI is InChI=1S/C23H20O/c1-3-16-10-12-19-21(14-16)24-22-15-17(4-2)11-13-20(22)23(19)18-8-6-5-7-9-18/h3,5-15H,4H2,1-2H3/b16-3+. The molecule has 0 saturated heterocycles. The average Bonchev–Trinajstić information content (AvgIpc) is 2.65. The zero-order valence-electron chi connectivity index (χ0n) is 14.0. The Balaban J connectivity index is 2.08. The van der Waals surface area contributed by atoms with Gasteiger partial charge in [0, 0.05) is 16.4 Å². The molecule has 1 aliphatic heterocycles. The van der Waals surface area contributed by atoms with Gasteiger partial charge in [0.2, 0.25) is 0 Å². The number of ether oxygens (including phenoxy) is 1. The third kappa shape index (κ3) is 2.43. The smallest absolute Gasteiger partial charge is 0.135 e. The summed E-state index contributed by atoms with van der Waals surface area (Å²) in [5.74, 6) is 1.89. The van der Waals surface area contributed by atoms with Crippen LogP contribution in [0.3, 0.4) is 0 Å². The highest BCUT2D eigenvalue weighted by atomic mass is 16.5. The van der Waals surface area contributed by atoms with Crippen molar-refractivity contribution in [3.8, 4) is 11.5 Å². The second-order valence-corrected chi connectivity index (χ2v) is 6.07. The van der Waals surface area contributed by atoms with Gasteiger partial charge in [-0.15, -0.1) is 0 Å². The molecular formula is C23H20O. The van der Waals surface area contributed by atoms with E-state index in [0.29, 0.717) is 0 Å². The van der Waals surface area contributed by atoms with Gasteiger partial charge >= 0.3 is 0 Å². The summed E-state index contributed by atoms with van der Waals surface area (Å²) >= 11 is 0. The maximum atomic E-state index is 6.27. The number of fused-ring (bicyclic) bond motifs is 2. The zero-order valence-corrected chi connectivity index (χ0v) is 14.0. The number of hydrogen-bond donors (Lipinski definition) is 0. The van der Waals surface area contributed by atoms with E-state index >= 15 is 0 Å². The van der Waals surface area contributed by atoms with E-state index in [0.717, 1.165) is 23.1 Å². The topological polar surface area (TPSA) is 9.23 Å². The predicted octanol–water partition coefficient (Wildman–Crippen LogP) is 4.40. The van der Waals surface area contributed by atoms with E-state index in [1.165, 1.54) is 27.5 Å². The van der Waals surface area contributed by atoms with Crippen LogP contribution in [0.25, 0.3) is 11.6 Å². The Kier molecular flexibility index (Phi) is 3.70. The molecule has 3 aromatic carbocycles. The molecule has 0 saturated carbocycles. The molecule has 0 fully saturated rings. The van der Waals surface area contributed by atoms with Crippen LogP contribution in [-0.4, -0.2) is 0 Å². The minimum Gasteiger partial charge on any atom is -0.456 e. The van der Waals surface area contributed by atoms with E-state index in [9.17, 15) is 0 Å². The van der Waals surface area contributed by atoms with Gasteiger partial charge in [-0.1, -0.05) is 67.6 Å². The Morgan fingerprint density at radius 2 is 1.71 bits per heavy atom. The van der Waals surface area contributed by atoms with Gasteiger partial charge in [-0.3, -0.25) is 0 Å². The lowest BCUT2D eigenvalue weighted by Gasteiger charge is -2.22. The van der Waals surface area contributed by atoms with Crippen LogP contribution >= 0.6 is 0 Å². The van der Waals surface area contributed by atoms with Crippen LogP contribution in [0.15, 0.2) is 66.7 Å². The summed E-state index contributed by atoms with van der Waals surface area (Å²) in [6.07, 6.45) is 3.11. The van der Waals surface area contributed by atoms with Gasteiger partial charge < -0.3 is 4.74 Å². The van der Waals surface area contributed by atoms with Crippen molar-refractivity contribution < 1.29 is 4.74 Å². The maximum absolute atomic E-state index is 6.27. The molecule has 0 aromatic heterocycles. The molecule has 0 amide bonds. The highest BCUT2D eigenvalue weighted by molar-refractivity contribution is 5.85. The van der Waals surface area contributed by atoms with Gasteiger partial charge in [-0.05, 0) is 41.8 Å². The summed E-state index contributed by atoms with van der Waals surface area (Å²) in [4.78, 5) is 0. The summed E-state index contributed by atoms with van der Waals surface area (Å²) in [5, 5.41) is 2.33. The van der Waals surface area contributed by atoms with E-state index < -0.39 is 0 Å². The monoisotopic (exact) mass is 312 g/mol. The second kappa shape index (κ2) is 6.01. The summed E-state index contributed by atoms with van der Waals surface area (Å²) in [6, 6.07) is 23.6. The largest absolute Gasteiger partial charge is 0.456 e. The predicted molar refractivity (Wildman–Crippen MR) is 99.8 cm³/mol. The van der Waals surface area contributed by atoms with Gasteiger partial charge in [0.1, 0.15) is 11.5 Å². The van der Waals surface area contributed by atoms with Crippen molar-refractivity contribution in [2.75, 3.05) is 0 Å². The number of benzene rings is 3. The third-order valence-corrected chi connectivity index (χ3v) is 4.61. The molecule has 24 heavy (non-hydrogen) atoms. The second-order valence-electron chi connectivity index (χ2n) is 6.07. The van der Waals surface area contributed by atoms with Crippen molar-refractivity contribution >= 4 is 11.6 Å². The first-order valence-corrected chi connectivity index (χ1v) is 8.47. The Morgan fingerprint density at radius 3 is 2.46 bits per heavy atom. The Bertz CT molecular complexity index is 1010. The first kappa shape index (κ1) is 14.8. The SMILES string of the molecule is C/C=c1\ccc2c(c1)Oc1cc(CC)ccc1C=2c1ccccc1. The fourth-order valence-electron chi connectivity index (χ4n) is 3.27. The van der Waals surface area contributed by atoms with Gasteiger partial charge in [0.05, 0.1) is 0 Å². The van der Waals surface area contributed by atoms with Crippen LogP contribution in [0.4, 0.5) is 0 Å². The molecule has 0 aliphatic carbocycles. The van der Waals surface area contributed by atoms with Crippen LogP contribution in [-0.2, 0) is 6.42 Å². The Morgan fingerprint density at radius 1 is 0.875 bits per heavy atom. The molecule has 0 bridgehead atoms. The molecule has 4 rings (SSSR count). The molecule has 1 nitrogen and oxygen atoms in total. The minimum absolute atomic E-state index is 0.935. The highest BCUT2D eigenvalue weighted by Gasteiger charge is 2.19. The van der Waals surface area contributed by atoms with Gasteiger partial charge in [-0.2, -0.15) is 0 Å². The van der Waals surface area contributed by atoms with E-state index in [-0.39, 0.29) is 0 Å². The lowest BCUT2D eigenvalue weighted by molar-refractivity contribution is 0.471. The molecular weight excluding hydrogens is 292 g/mol. The van der Waals surface area contributed by atoms with Crippen LogP contribution in [0.1, 0.15) is 30.5 Å². The van der Waals surface area contributed by atoms with Crippen LogP contribution < -0.4 is 15.2 Å². The van der Waals surface area contributed by atoms with Crippen LogP contribution in [0, 0.1) is 0 Å². The first-order chi connectivity index (χ1) is 11.8. The van der Waals surface area contributed by atoms with Gasteiger partial charge in [-0.25, -0.2) is 0 Å². The van der Waals surface area contributed by atoms with Crippen molar-refractivity contribution in [2.45, 2.75) is 20.3 Å². The summed E-state index contributed by atoms with van der Waals surface area (Å²) in [5.41, 5.74) is 4.93. The molecule has 0 atom stereocenters. The molecule has 1 heterocycles. The van der Waals surface area contributed by atoms with Gasteiger partial charge in [0.25, 0.3) is 0 Å². The molecule has 0 spiro atoms. The maximum Gasteiger partial charge on any atom is 0.135 e. The van der Waals surface area contributed by atoms with E-state index in [1.54, 1.807) is 0 Å². The average molecular weight is 312 g/mol. The zero-order chi connectivity index (χ0) is 16.5. The molecule has 1 aliphatic rings. The number of hydrogen-bond acceptors (Lipinski definition) is 1. The van der Waals surface area contributed by atoms with E-state index in [1.807, 2.05) is 0 Å². The number of rotatable bonds is 2. The Hall–Kier alpha value is -2.80. The first-order valence-electron chi connectivity index (χ1n) is 8.47. The lowest BCUT2D eigenvalue weighted by Crippen LogP contribution is -2.19. The van der Waals surface area contributed by atoms with Crippen LogP contribution in [0.2, 0.25) is 0 Å². The third-order valence-electron chi connectivity index (χ3n) is 4.61. The van der Waals surface area contributed by atoms with Crippen molar-refractivity contribution in [2.24, 2.45) is 0 Å². The van der Waals surface area contributed by atoms with E-state index in [4.69, 9.17) is 4.74 Å². The van der Waals surface area contributed by atoms with Crippen molar-refractivity contribution in [1.29, 1.82) is 0 Å². The quantitative estimate of drug-likeness (QED) is 0.533. The Labute approximate surface area is 142 Å². The fraction of sp³-hybridized carbons (Fsp3) is 0.130. The minimum atomic E-state index is 0.935. The van der Waals surface area contributed by atoms with Gasteiger partial charge in [0.15, 0.2) is 0 Å². The molecule has 0 unspecified atom stereocenters. The van der Waals surface area contributed by atoms with E-state index in [2.05, 4.69) is 86.7 Å². The fourth-order valence-corrected chi connectivity index (χ4v) is 3.27. The van der Waals surface area contributed by atoms with Crippen molar-refractivity contribution in [3.05, 3.63) is 93.9 Å². The van der Waals surface area contributed by atoms with Crippen molar-refractivity contribution in [3.63, 3.8) is 0 Å². The molecule has 118 valence electrons. The van der Waals surface area contributed by atoms with Crippen LogP contribution in [0.5, 0.6) is 11.5 Å². The normalized spacial score (nSPS) is 13.2. The number of aryl methyl sites for hydroxylation is 1. The molecule has 1 heteroatoms. The molecule has 0 radical (unpaired) electrons. The molecule has 3 aromatic rings. The summed E-state index contributed by atoms with van der Waals surface area (Å²) in [6.45, 7) is 4.22. The lowest BCUT2D eigenvalue weighted by atomic mass is 9.91. The summed E-state index contributed by atoms with van der Waals surface area (Å²) < 4.78 is 6.27. The highest BCUT2D eigenvalue weighted by Crippen LogP contribution is 2.36. The van der Waals surface area contributed by atoms with Crippen molar-refractivity contribution in [1.82, 2.24) is 0 Å². The summed E-state index contributed by atoms with van der Waals surface area (Å²) in [7, 11) is 0.